The van der Waals surface area contributed by atoms with Crippen LogP contribution in [0.1, 0.15) is 24.1 Å². The summed E-state index contributed by atoms with van der Waals surface area (Å²) >= 11 is 1.63. The van der Waals surface area contributed by atoms with Crippen molar-refractivity contribution >= 4 is 28.5 Å². The Morgan fingerprint density at radius 3 is 2.88 bits per heavy atom. The minimum Gasteiger partial charge on any atom is -0.493 e. The normalized spacial score (nSPS) is 13.1. The zero-order valence-corrected chi connectivity index (χ0v) is 15.4. The Kier molecular flexibility index (Phi) is 5.68. The van der Waals surface area contributed by atoms with Crippen molar-refractivity contribution in [1.29, 1.82) is 0 Å². The van der Waals surface area contributed by atoms with Gasteiger partial charge in [-0.25, -0.2) is 0 Å². The maximum atomic E-state index is 5.94. The summed E-state index contributed by atoms with van der Waals surface area (Å²) < 4.78 is 14.7. The Hall–Kier alpha value is -1.66. The van der Waals surface area contributed by atoms with Crippen LogP contribution in [0.5, 0.6) is 11.5 Å². The van der Waals surface area contributed by atoms with Gasteiger partial charge in [-0.2, -0.15) is 0 Å². The van der Waals surface area contributed by atoms with E-state index in [2.05, 4.69) is 10.0 Å². The molecule has 130 valence electrons. The molecule has 6 heteroatoms. The van der Waals surface area contributed by atoms with Crippen molar-refractivity contribution in [2.75, 3.05) is 38.9 Å². The van der Waals surface area contributed by atoms with Gasteiger partial charge in [0.1, 0.15) is 0 Å². The fourth-order valence-corrected chi connectivity index (χ4v) is 3.61. The Morgan fingerprint density at radius 2 is 2.12 bits per heavy atom. The molecule has 1 aliphatic carbocycles. The van der Waals surface area contributed by atoms with Gasteiger partial charge in [0.25, 0.3) is 0 Å². The third-order valence-corrected chi connectivity index (χ3v) is 4.87. The molecule has 0 aliphatic heterocycles. The number of benzene rings is 1. The van der Waals surface area contributed by atoms with Crippen LogP contribution in [0.15, 0.2) is 12.1 Å². The zero-order chi connectivity index (χ0) is 16.9. The molecule has 0 amide bonds. The Bertz CT molecular complexity index is 721. The van der Waals surface area contributed by atoms with Crippen molar-refractivity contribution in [3.63, 3.8) is 0 Å². The summed E-state index contributed by atoms with van der Waals surface area (Å²) in [5.74, 6) is 1.53. The number of rotatable bonds is 8. The van der Waals surface area contributed by atoms with Gasteiger partial charge in [0, 0.05) is 36.4 Å². The molecular formula is C18H25N3O2S. The van der Waals surface area contributed by atoms with Crippen molar-refractivity contribution in [1.82, 2.24) is 9.71 Å². The third kappa shape index (κ3) is 3.39. The van der Waals surface area contributed by atoms with Crippen molar-refractivity contribution < 1.29 is 9.47 Å². The number of fused-ring (bicyclic) bond motifs is 2. The Balaban J connectivity index is 1.91. The first-order chi connectivity index (χ1) is 11.8. The van der Waals surface area contributed by atoms with Gasteiger partial charge in [-0.15, -0.1) is 0 Å². The summed E-state index contributed by atoms with van der Waals surface area (Å²) in [6.45, 7) is 1.58. The molecule has 5 nitrogen and oxygen atoms in total. The number of nitrogens with one attached hydrogen (secondary N) is 2. The van der Waals surface area contributed by atoms with Gasteiger partial charge in [-0.3, -0.25) is 9.71 Å². The summed E-state index contributed by atoms with van der Waals surface area (Å²) in [5, 5.41) is 4.46. The minimum absolute atomic E-state index is 0.652. The number of aromatic nitrogens is 1. The molecule has 0 saturated heterocycles. The molecule has 0 saturated carbocycles. The summed E-state index contributed by atoms with van der Waals surface area (Å²) in [6.07, 6.45) is 6.30. The average molecular weight is 347 g/mol. The molecule has 2 N–H and O–H groups in total. The molecule has 0 radical (unpaired) electrons. The van der Waals surface area contributed by atoms with E-state index in [1.807, 2.05) is 25.4 Å². The fourth-order valence-electron chi connectivity index (χ4n) is 3.26. The van der Waals surface area contributed by atoms with E-state index in [0.717, 1.165) is 48.2 Å². The molecule has 0 atom stereocenters. The second-order valence-electron chi connectivity index (χ2n) is 5.84. The number of ether oxygens (including phenoxy) is 2. The van der Waals surface area contributed by atoms with Crippen LogP contribution in [0.4, 0.5) is 5.69 Å². The highest BCUT2D eigenvalue weighted by atomic mass is 32.2. The third-order valence-electron chi connectivity index (χ3n) is 4.37. The van der Waals surface area contributed by atoms with E-state index >= 15 is 0 Å². The first-order valence-corrected chi connectivity index (χ1v) is 9.60. The Morgan fingerprint density at radius 1 is 1.25 bits per heavy atom. The van der Waals surface area contributed by atoms with Gasteiger partial charge in [-0.1, -0.05) is 11.9 Å². The quantitative estimate of drug-likeness (QED) is 0.564. The number of hydrogen-bond acceptors (Lipinski definition) is 6. The van der Waals surface area contributed by atoms with E-state index in [4.69, 9.17) is 14.5 Å². The van der Waals surface area contributed by atoms with Gasteiger partial charge in [0.15, 0.2) is 11.5 Å². The molecular weight excluding hydrogens is 322 g/mol. The number of aryl methyl sites for hydroxylation is 1. The number of methoxy groups -OCH3 is 1. The molecule has 0 spiro atoms. The van der Waals surface area contributed by atoms with Crippen LogP contribution in [-0.2, 0) is 12.8 Å². The summed E-state index contributed by atoms with van der Waals surface area (Å²) in [7, 11) is 3.66. The standard InChI is InChI=1S/C18H25N3O2S/c1-19-18-12-6-4-7-14(12)21-15-11-17(16(22-2)10-13(15)18)23-9-5-8-20-24-3/h10-11,20H,4-9H2,1-3H3,(H,19,21). The predicted molar refractivity (Wildman–Crippen MR) is 101 cm³/mol. The fraction of sp³-hybridized carbons (Fsp3) is 0.500. The van der Waals surface area contributed by atoms with E-state index in [0.29, 0.717) is 6.61 Å². The number of hydrogen-bond donors (Lipinski definition) is 2. The van der Waals surface area contributed by atoms with Crippen LogP contribution < -0.4 is 19.5 Å². The van der Waals surface area contributed by atoms with Gasteiger partial charge >= 0.3 is 0 Å². The van der Waals surface area contributed by atoms with E-state index < -0.39 is 0 Å². The number of nitrogens with zero attached hydrogens (tertiary/aromatic N) is 1. The molecule has 1 aliphatic rings. The SMILES string of the molecule is CNc1c2c(nc3cc(OCCCNSC)c(OC)cc13)CCC2. The highest BCUT2D eigenvalue weighted by Gasteiger charge is 2.20. The number of anilines is 1. The minimum atomic E-state index is 0.652. The van der Waals surface area contributed by atoms with Gasteiger partial charge in [0.05, 0.1) is 19.2 Å². The lowest BCUT2D eigenvalue weighted by Gasteiger charge is -2.16. The smallest absolute Gasteiger partial charge is 0.163 e. The summed E-state index contributed by atoms with van der Waals surface area (Å²) in [6, 6.07) is 4.05. The molecule has 24 heavy (non-hydrogen) atoms. The van der Waals surface area contributed by atoms with Crippen molar-refractivity contribution in [3.05, 3.63) is 23.4 Å². The van der Waals surface area contributed by atoms with Crippen LogP contribution in [0, 0.1) is 0 Å². The van der Waals surface area contributed by atoms with E-state index in [1.54, 1.807) is 19.1 Å². The second-order valence-corrected chi connectivity index (χ2v) is 6.53. The molecule has 1 aromatic carbocycles. The van der Waals surface area contributed by atoms with Gasteiger partial charge < -0.3 is 14.8 Å². The lowest BCUT2D eigenvalue weighted by Crippen LogP contribution is -2.10. The van der Waals surface area contributed by atoms with E-state index in [1.165, 1.54) is 23.4 Å². The van der Waals surface area contributed by atoms with Crippen LogP contribution in [0.3, 0.4) is 0 Å². The van der Waals surface area contributed by atoms with Gasteiger partial charge in [-0.05, 0) is 43.6 Å². The van der Waals surface area contributed by atoms with Crippen molar-refractivity contribution in [2.45, 2.75) is 25.7 Å². The molecule has 0 fully saturated rings. The predicted octanol–water partition coefficient (Wildman–Crippen LogP) is 3.41. The van der Waals surface area contributed by atoms with Crippen LogP contribution >= 0.6 is 11.9 Å². The lowest BCUT2D eigenvalue weighted by atomic mass is 10.1. The van der Waals surface area contributed by atoms with Crippen molar-refractivity contribution in [2.24, 2.45) is 0 Å². The molecule has 2 aromatic rings. The molecule has 0 unspecified atom stereocenters. The van der Waals surface area contributed by atoms with Gasteiger partial charge in [0.2, 0.25) is 0 Å². The Labute approximate surface area is 147 Å². The van der Waals surface area contributed by atoms with Crippen molar-refractivity contribution in [3.8, 4) is 11.5 Å². The maximum absolute atomic E-state index is 5.94. The molecule has 1 heterocycles. The topological polar surface area (TPSA) is 55.4 Å². The summed E-state index contributed by atoms with van der Waals surface area (Å²) in [5.41, 5.74) is 4.72. The lowest BCUT2D eigenvalue weighted by molar-refractivity contribution is 0.291. The van der Waals surface area contributed by atoms with E-state index in [-0.39, 0.29) is 0 Å². The monoisotopic (exact) mass is 347 g/mol. The first kappa shape index (κ1) is 17.2. The zero-order valence-electron chi connectivity index (χ0n) is 14.6. The first-order valence-electron chi connectivity index (χ1n) is 8.38. The number of pyridine rings is 1. The largest absolute Gasteiger partial charge is 0.493 e. The highest BCUT2D eigenvalue weighted by molar-refractivity contribution is 7.96. The van der Waals surface area contributed by atoms with Crippen LogP contribution in [0.2, 0.25) is 0 Å². The average Bonchev–Trinajstić information content (AvgIpc) is 3.06. The van der Waals surface area contributed by atoms with E-state index in [9.17, 15) is 0 Å². The molecule has 0 bridgehead atoms. The second kappa shape index (κ2) is 7.94. The van der Waals surface area contributed by atoms with Crippen LogP contribution in [-0.4, -0.2) is 38.5 Å². The van der Waals surface area contributed by atoms with Crippen LogP contribution in [0.25, 0.3) is 10.9 Å². The molecule has 3 rings (SSSR count). The summed E-state index contributed by atoms with van der Waals surface area (Å²) in [4.78, 5) is 4.87. The highest BCUT2D eigenvalue weighted by Crippen LogP contribution is 2.39. The maximum Gasteiger partial charge on any atom is 0.163 e. The molecule has 1 aromatic heterocycles.